The summed E-state index contributed by atoms with van der Waals surface area (Å²) in [7, 11) is 0. The molecule has 1 saturated carbocycles. The van der Waals surface area contributed by atoms with Crippen LogP contribution in [0, 0.1) is 12.8 Å². The minimum atomic E-state index is -0.0610. The van der Waals surface area contributed by atoms with Crippen molar-refractivity contribution in [2.75, 3.05) is 6.54 Å². The van der Waals surface area contributed by atoms with E-state index in [9.17, 15) is 4.79 Å². The number of halogens is 2. The Labute approximate surface area is 156 Å². The van der Waals surface area contributed by atoms with Crippen molar-refractivity contribution in [2.24, 2.45) is 11.7 Å². The zero-order chi connectivity index (χ0) is 16.4. The van der Waals surface area contributed by atoms with E-state index in [4.69, 9.17) is 5.73 Å². The maximum atomic E-state index is 12.6. The van der Waals surface area contributed by atoms with Gasteiger partial charge >= 0.3 is 0 Å². The lowest BCUT2D eigenvalue weighted by Gasteiger charge is -2.19. The number of hydrogen-bond donors (Lipinski definition) is 2. The standard InChI is InChI=1S/C17H21BrN4O.ClH/c1-11-15(17(23)21-16-7-2-4-12(16)9-19)10-20-22(11)14-6-3-5-13(18)8-14;/h3,5-6,8,10,12,16H,2,4,7,9,19H2,1H3,(H,21,23);1H. The second-order valence-electron chi connectivity index (χ2n) is 6.04. The van der Waals surface area contributed by atoms with Gasteiger partial charge in [-0.2, -0.15) is 5.10 Å². The van der Waals surface area contributed by atoms with Gasteiger partial charge in [-0.05, 0) is 50.4 Å². The third-order valence-corrected chi connectivity index (χ3v) is 5.08. The van der Waals surface area contributed by atoms with Gasteiger partial charge in [0.15, 0.2) is 0 Å². The Balaban J connectivity index is 0.00000208. The molecular formula is C17H22BrClN4O. The number of carbonyl (C=O) groups is 1. The van der Waals surface area contributed by atoms with E-state index in [0.717, 1.165) is 35.1 Å². The van der Waals surface area contributed by atoms with Gasteiger partial charge in [0.2, 0.25) is 0 Å². The highest BCUT2D eigenvalue weighted by Gasteiger charge is 2.28. The molecule has 1 amide bonds. The van der Waals surface area contributed by atoms with Crippen molar-refractivity contribution in [1.82, 2.24) is 15.1 Å². The van der Waals surface area contributed by atoms with Gasteiger partial charge in [-0.3, -0.25) is 4.79 Å². The molecule has 1 aromatic heterocycles. The van der Waals surface area contributed by atoms with Crippen molar-refractivity contribution in [2.45, 2.75) is 32.2 Å². The summed E-state index contributed by atoms with van der Waals surface area (Å²) in [5.41, 5.74) is 8.17. The molecule has 5 nitrogen and oxygen atoms in total. The van der Waals surface area contributed by atoms with Gasteiger partial charge < -0.3 is 11.1 Å². The molecule has 0 spiro atoms. The quantitative estimate of drug-likeness (QED) is 0.808. The summed E-state index contributed by atoms with van der Waals surface area (Å²) in [6.45, 7) is 2.54. The lowest BCUT2D eigenvalue weighted by Crippen LogP contribution is -2.40. The van der Waals surface area contributed by atoms with Crippen LogP contribution < -0.4 is 11.1 Å². The van der Waals surface area contributed by atoms with Crippen molar-refractivity contribution >= 4 is 34.2 Å². The molecule has 1 fully saturated rings. The van der Waals surface area contributed by atoms with E-state index in [-0.39, 0.29) is 24.4 Å². The molecule has 0 radical (unpaired) electrons. The molecule has 1 heterocycles. The number of nitrogens with zero attached hydrogens (tertiary/aromatic N) is 2. The second-order valence-corrected chi connectivity index (χ2v) is 6.96. The van der Waals surface area contributed by atoms with E-state index >= 15 is 0 Å². The Morgan fingerprint density at radius 1 is 1.46 bits per heavy atom. The van der Waals surface area contributed by atoms with Crippen LogP contribution in [0.25, 0.3) is 5.69 Å². The van der Waals surface area contributed by atoms with E-state index < -0.39 is 0 Å². The number of hydrogen-bond acceptors (Lipinski definition) is 3. The molecule has 1 aliphatic carbocycles. The predicted molar refractivity (Wildman–Crippen MR) is 101 cm³/mol. The summed E-state index contributed by atoms with van der Waals surface area (Å²) in [4.78, 5) is 12.6. The number of benzene rings is 1. The van der Waals surface area contributed by atoms with Crippen molar-refractivity contribution in [1.29, 1.82) is 0 Å². The lowest BCUT2D eigenvalue weighted by atomic mass is 10.0. The van der Waals surface area contributed by atoms with E-state index in [1.807, 2.05) is 31.2 Å². The number of nitrogens with one attached hydrogen (secondary N) is 1. The minimum absolute atomic E-state index is 0. The minimum Gasteiger partial charge on any atom is -0.349 e. The number of carbonyl (C=O) groups excluding carboxylic acids is 1. The molecule has 1 aliphatic rings. The molecule has 24 heavy (non-hydrogen) atoms. The molecule has 7 heteroatoms. The van der Waals surface area contributed by atoms with E-state index in [1.54, 1.807) is 10.9 Å². The Bertz CT molecular complexity index is 718. The largest absolute Gasteiger partial charge is 0.349 e. The van der Waals surface area contributed by atoms with E-state index in [2.05, 4.69) is 26.3 Å². The summed E-state index contributed by atoms with van der Waals surface area (Å²) in [6, 6.07) is 8.03. The summed E-state index contributed by atoms with van der Waals surface area (Å²) < 4.78 is 2.77. The molecule has 3 rings (SSSR count). The number of nitrogens with two attached hydrogens (primary N) is 1. The smallest absolute Gasteiger partial charge is 0.254 e. The number of amides is 1. The van der Waals surface area contributed by atoms with Crippen molar-refractivity contribution in [3.8, 4) is 5.69 Å². The first-order valence-corrected chi connectivity index (χ1v) is 8.71. The molecular weight excluding hydrogens is 392 g/mol. The molecule has 3 N–H and O–H groups in total. The number of aromatic nitrogens is 2. The van der Waals surface area contributed by atoms with Gasteiger partial charge in [-0.25, -0.2) is 4.68 Å². The lowest BCUT2D eigenvalue weighted by molar-refractivity contribution is 0.0928. The highest BCUT2D eigenvalue weighted by atomic mass is 79.9. The summed E-state index contributed by atoms with van der Waals surface area (Å²) in [5.74, 6) is 0.327. The first-order valence-electron chi connectivity index (χ1n) is 7.91. The molecule has 1 aromatic carbocycles. The zero-order valence-corrected chi connectivity index (χ0v) is 15.9. The highest BCUT2D eigenvalue weighted by molar-refractivity contribution is 9.10. The third-order valence-electron chi connectivity index (χ3n) is 4.59. The average molecular weight is 414 g/mol. The first kappa shape index (κ1) is 19.0. The van der Waals surface area contributed by atoms with Crippen LogP contribution >= 0.6 is 28.3 Å². The average Bonchev–Trinajstić information content (AvgIpc) is 3.13. The van der Waals surface area contributed by atoms with Crippen molar-refractivity contribution in [3.63, 3.8) is 0 Å². The van der Waals surface area contributed by atoms with Crippen molar-refractivity contribution < 1.29 is 4.79 Å². The fraction of sp³-hybridized carbons (Fsp3) is 0.412. The highest BCUT2D eigenvalue weighted by Crippen LogP contribution is 2.25. The maximum absolute atomic E-state index is 12.6. The predicted octanol–water partition coefficient (Wildman–Crippen LogP) is 3.22. The molecule has 2 unspecified atom stereocenters. The molecule has 2 atom stereocenters. The van der Waals surface area contributed by atoms with Gasteiger partial charge in [-0.15, -0.1) is 12.4 Å². The van der Waals surface area contributed by atoms with Crippen LogP contribution in [0.3, 0.4) is 0 Å². The molecule has 2 aromatic rings. The molecule has 0 bridgehead atoms. The van der Waals surface area contributed by atoms with Crippen LogP contribution in [-0.4, -0.2) is 28.3 Å². The summed E-state index contributed by atoms with van der Waals surface area (Å²) in [6.07, 6.45) is 4.87. The first-order chi connectivity index (χ1) is 11.1. The topological polar surface area (TPSA) is 72.9 Å². The summed E-state index contributed by atoms with van der Waals surface area (Å²) in [5, 5.41) is 7.50. The van der Waals surface area contributed by atoms with E-state index in [0.29, 0.717) is 18.0 Å². The summed E-state index contributed by atoms with van der Waals surface area (Å²) >= 11 is 3.46. The fourth-order valence-corrected chi connectivity index (χ4v) is 3.64. The van der Waals surface area contributed by atoms with Crippen LogP contribution in [-0.2, 0) is 0 Å². The Hall–Kier alpha value is -1.37. The van der Waals surface area contributed by atoms with Crippen LogP contribution in [0.1, 0.15) is 35.3 Å². The van der Waals surface area contributed by atoms with Crippen LogP contribution in [0.2, 0.25) is 0 Å². The van der Waals surface area contributed by atoms with Gasteiger partial charge in [0.1, 0.15) is 0 Å². The van der Waals surface area contributed by atoms with Gasteiger partial charge in [0.25, 0.3) is 5.91 Å². The second kappa shape index (κ2) is 8.14. The van der Waals surface area contributed by atoms with Crippen LogP contribution in [0.5, 0.6) is 0 Å². The molecule has 130 valence electrons. The van der Waals surface area contributed by atoms with Crippen LogP contribution in [0.4, 0.5) is 0 Å². The monoisotopic (exact) mass is 412 g/mol. The normalized spacial score (nSPS) is 19.8. The van der Waals surface area contributed by atoms with Gasteiger partial charge in [-0.1, -0.05) is 28.4 Å². The Kier molecular flexibility index (Phi) is 6.43. The third kappa shape index (κ3) is 3.82. The maximum Gasteiger partial charge on any atom is 0.254 e. The Morgan fingerprint density at radius 2 is 2.25 bits per heavy atom. The molecule has 0 saturated heterocycles. The zero-order valence-electron chi connectivity index (χ0n) is 13.5. The number of rotatable bonds is 4. The fourth-order valence-electron chi connectivity index (χ4n) is 3.26. The SMILES string of the molecule is Cc1c(C(=O)NC2CCCC2CN)cnn1-c1cccc(Br)c1.Cl. The van der Waals surface area contributed by atoms with Crippen LogP contribution in [0.15, 0.2) is 34.9 Å². The van der Waals surface area contributed by atoms with E-state index in [1.165, 1.54) is 0 Å². The molecule has 0 aliphatic heterocycles. The van der Waals surface area contributed by atoms with Gasteiger partial charge in [0, 0.05) is 10.5 Å². The van der Waals surface area contributed by atoms with Gasteiger partial charge in [0.05, 0.1) is 23.1 Å². The van der Waals surface area contributed by atoms with Crippen molar-refractivity contribution in [3.05, 3.63) is 46.2 Å². The Morgan fingerprint density at radius 3 is 2.96 bits per heavy atom.